The molecule has 1 aliphatic rings. The Bertz CT molecular complexity index is 688. The van der Waals surface area contributed by atoms with Gasteiger partial charge in [0.05, 0.1) is 27.0 Å². The van der Waals surface area contributed by atoms with Crippen LogP contribution in [-0.4, -0.2) is 13.1 Å². The summed E-state index contributed by atoms with van der Waals surface area (Å²) in [5.41, 5.74) is -0.145. The van der Waals surface area contributed by atoms with Gasteiger partial charge in [0.15, 0.2) is 0 Å². The highest BCUT2D eigenvalue weighted by atomic mass is 79.9. The summed E-state index contributed by atoms with van der Waals surface area (Å²) in [7, 11) is 1.36. The number of methoxy groups -OCH3 is 1. The molecule has 3 nitrogen and oxygen atoms in total. The fourth-order valence-electron chi connectivity index (χ4n) is 3.05. The fourth-order valence-corrected chi connectivity index (χ4v) is 4.42. The molecule has 0 heterocycles. The van der Waals surface area contributed by atoms with Crippen molar-refractivity contribution in [3.63, 3.8) is 0 Å². The highest BCUT2D eigenvalue weighted by molar-refractivity contribution is 9.11. The van der Waals surface area contributed by atoms with Gasteiger partial charge >= 0.3 is 5.97 Å². The Morgan fingerprint density at radius 1 is 1.16 bits per heavy atom. The predicted octanol–water partition coefficient (Wildman–Crippen LogP) is 5.53. The summed E-state index contributed by atoms with van der Waals surface area (Å²) in [6.45, 7) is 5.47. The minimum atomic E-state index is -0.757. The Kier molecular flexibility index (Phi) is 6.44. The summed E-state index contributed by atoms with van der Waals surface area (Å²) in [5, 5.41) is 0. The molecule has 0 bridgehead atoms. The van der Waals surface area contributed by atoms with Crippen LogP contribution in [0.5, 0.6) is 0 Å². The maximum Gasteiger partial charge on any atom is 0.310 e. The summed E-state index contributed by atoms with van der Waals surface area (Å²) in [4.78, 5) is 12.3. The third kappa shape index (κ3) is 3.83. The normalized spacial score (nSPS) is 21.6. The molecule has 0 aromatic heterocycles. The first-order valence-electron chi connectivity index (χ1n) is 7.80. The predicted molar refractivity (Wildman–Crippen MR) is 97.8 cm³/mol. The van der Waals surface area contributed by atoms with E-state index < -0.39 is 11.6 Å². The molecule has 2 rings (SSSR count). The highest BCUT2D eigenvalue weighted by Gasteiger charge is 2.61. The van der Waals surface area contributed by atoms with E-state index in [1.807, 2.05) is 32.9 Å². The molecule has 1 aromatic carbocycles. The van der Waals surface area contributed by atoms with Gasteiger partial charge in [0.25, 0.3) is 0 Å². The molecule has 0 aliphatic heterocycles. The monoisotopic (exact) mass is 480 g/mol. The molecule has 7 heteroatoms. The molecular formula is C18H20Br2F2O3. The van der Waals surface area contributed by atoms with Crippen LogP contribution in [0.3, 0.4) is 0 Å². The zero-order chi connectivity index (χ0) is 18.9. The second-order valence-corrected chi connectivity index (χ2v) is 8.19. The molecule has 25 heavy (non-hydrogen) atoms. The third-order valence-corrected chi connectivity index (χ3v) is 6.31. The quantitative estimate of drug-likeness (QED) is 0.304. The number of carbonyl (C=O) groups excluding carboxylic acids is 1. The summed E-state index contributed by atoms with van der Waals surface area (Å²) in [5.74, 6) is -2.01. The SMILES string of the molecule is C/C=C\[C@@H]1[C@@H](C(=O)OCc2c(Br)c(F)c(COC)c(F)c2Br)C1(C)C. The molecule has 1 aromatic rings. The number of esters is 1. The Labute approximate surface area is 163 Å². The van der Waals surface area contributed by atoms with E-state index in [-0.39, 0.29) is 56.5 Å². The van der Waals surface area contributed by atoms with Gasteiger partial charge in [0, 0.05) is 12.7 Å². The topological polar surface area (TPSA) is 35.5 Å². The average molecular weight is 482 g/mol. The Morgan fingerprint density at radius 3 is 2.20 bits per heavy atom. The second kappa shape index (κ2) is 7.84. The molecular weight excluding hydrogens is 462 g/mol. The molecule has 2 atom stereocenters. The first kappa shape index (κ1) is 20.5. The lowest BCUT2D eigenvalue weighted by molar-refractivity contribution is -0.147. The van der Waals surface area contributed by atoms with Crippen molar-refractivity contribution < 1.29 is 23.0 Å². The highest BCUT2D eigenvalue weighted by Crippen LogP contribution is 2.59. The van der Waals surface area contributed by atoms with Crippen LogP contribution >= 0.6 is 31.9 Å². The van der Waals surface area contributed by atoms with Crippen LogP contribution in [0.4, 0.5) is 8.78 Å². The standard InChI is InChI=1S/C18H20Br2F2O3/c1-5-6-11-12(18(11,2)3)17(23)25-8-9-13(19)15(21)10(7-24-4)16(22)14(9)20/h5-6,11-12H,7-8H2,1-4H3/b6-5-/t11-,12+/m1/s1. The Hall–Kier alpha value is -0.790. The van der Waals surface area contributed by atoms with Crippen LogP contribution in [-0.2, 0) is 27.5 Å². The van der Waals surface area contributed by atoms with Crippen molar-refractivity contribution in [1.29, 1.82) is 0 Å². The van der Waals surface area contributed by atoms with Gasteiger partial charge < -0.3 is 9.47 Å². The molecule has 0 unspecified atom stereocenters. The molecule has 0 N–H and O–H groups in total. The number of allylic oxidation sites excluding steroid dienone is 2. The molecule has 138 valence electrons. The van der Waals surface area contributed by atoms with Crippen LogP contribution in [0.1, 0.15) is 31.9 Å². The van der Waals surface area contributed by atoms with Gasteiger partial charge in [0.1, 0.15) is 18.2 Å². The molecule has 1 fully saturated rings. The maximum atomic E-state index is 14.3. The molecule has 0 radical (unpaired) electrons. The zero-order valence-corrected chi connectivity index (χ0v) is 17.6. The van der Waals surface area contributed by atoms with E-state index in [2.05, 4.69) is 31.9 Å². The van der Waals surface area contributed by atoms with Crippen LogP contribution < -0.4 is 0 Å². The van der Waals surface area contributed by atoms with Crippen LogP contribution in [0.15, 0.2) is 21.1 Å². The number of rotatable bonds is 6. The summed E-state index contributed by atoms with van der Waals surface area (Å²) >= 11 is 6.24. The first-order valence-corrected chi connectivity index (χ1v) is 9.39. The summed E-state index contributed by atoms with van der Waals surface area (Å²) in [6, 6.07) is 0. The molecule has 1 aliphatic carbocycles. The van der Waals surface area contributed by atoms with E-state index in [9.17, 15) is 13.6 Å². The minimum Gasteiger partial charge on any atom is -0.460 e. The fraction of sp³-hybridized carbons (Fsp3) is 0.500. The van der Waals surface area contributed by atoms with Gasteiger partial charge in [0.2, 0.25) is 0 Å². The smallest absolute Gasteiger partial charge is 0.310 e. The van der Waals surface area contributed by atoms with Crippen molar-refractivity contribution in [2.75, 3.05) is 7.11 Å². The largest absolute Gasteiger partial charge is 0.460 e. The van der Waals surface area contributed by atoms with E-state index >= 15 is 0 Å². The van der Waals surface area contributed by atoms with E-state index in [1.165, 1.54) is 7.11 Å². The number of carbonyl (C=O) groups is 1. The average Bonchev–Trinajstić information content (AvgIpc) is 3.10. The van der Waals surface area contributed by atoms with Crippen molar-refractivity contribution in [2.24, 2.45) is 17.3 Å². The van der Waals surface area contributed by atoms with E-state index in [0.29, 0.717) is 0 Å². The first-order chi connectivity index (χ1) is 11.7. The third-order valence-electron chi connectivity index (χ3n) is 4.66. The number of hydrogen-bond donors (Lipinski definition) is 0. The molecule has 0 saturated heterocycles. The number of benzene rings is 1. The van der Waals surface area contributed by atoms with Crippen molar-refractivity contribution in [2.45, 2.75) is 34.0 Å². The van der Waals surface area contributed by atoms with Gasteiger partial charge in [-0.25, -0.2) is 8.78 Å². The van der Waals surface area contributed by atoms with Gasteiger partial charge in [-0.15, -0.1) is 0 Å². The number of ether oxygens (including phenoxy) is 2. The summed E-state index contributed by atoms with van der Waals surface area (Å²) < 4.78 is 38.9. The van der Waals surface area contributed by atoms with Crippen LogP contribution in [0.2, 0.25) is 0 Å². The van der Waals surface area contributed by atoms with E-state index in [1.54, 1.807) is 0 Å². The lowest BCUT2D eigenvalue weighted by Gasteiger charge is -2.14. The lowest BCUT2D eigenvalue weighted by Crippen LogP contribution is -2.12. The molecule has 0 amide bonds. The van der Waals surface area contributed by atoms with E-state index in [4.69, 9.17) is 9.47 Å². The number of halogens is 4. The van der Waals surface area contributed by atoms with Crippen molar-refractivity contribution in [3.05, 3.63) is 43.9 Å². The number of hydrogen-bond acceptors (Lipinski definition) is 3. The van der Waals surface area contributed by atoms with Gasteiger partial charge in [-0.05, 0) is 50.1 Å². The van der Waals surface area contributed by atoms with Crippen molar-refractivity contribution in [3.8, 4) is 0 Å². The van der Waals surface area contributed by atoms with Gasteiger partial charge in [-0.3, -0.25) is 4.79 Å². The van der Waals surface area contributed by atoms with Gasteiger partial charge in [-0.1, -0.05) is 26.0 Å². The lowest BCUT2D eigenvalue weighted by atomic mass is 10.1. The van der Waals surface area contributed by atoms with Crippen molar-refractivity contribution in [1.82, 2.24) is 0 Å². The maximum absolute atomic E-state index is 14.3. The molecule has 1 saturated carbocycles. The van der Waals surface area contributed by atoms with Crippen LogP contribution in [0.25, 0.3) is 0 Å². The molecule has 0 spiro atoms. The Morgan fingerprint density at radius 2 is 1.72 bits per heavy atom. The van der Waals surface area contributed by atoms with Gasteiger partial charge in [-0.2, -0.15) is 0 Å². The summed E-state index contributed by atoms with van der Waals surface area (Å²) in [6.07, 6.45) is 3.89. The zero-order valence-electron chi connectivity index (χ0n) is 14.5. The van der Waals surface area contributed by atoms with Crippen molar-refractivity contribution >= 4 is 37.8 Å². The minimum absolute atomic E-state index is 0.0562. The van der Waals surface area contributed by atoms with E-state index in [0.717, 1.165) is 0 Å². The Balaban J connectivity index is 2.18. The van der Waals surface area contributed by atoms with Crippen LogP contribution in [0, 0.1) is 28.9 Å². The second-order valence-electron chi connectivity index (χ2n) is 6.60.